The lowest BCUT2D eigenvalue weighted by molar-refractivity contribution is 0.412. The van der Waals surface area contributed by atoms with Gasteiger partial charge < -0.3 is 4.52 Å². The Labute approximate surface area is 87.6 Å². The van der Waals surface area contributed by atoms with Crippen molar-refractivity contribution in [1.29, 1.82) is 0 Å². The summed E-state index contributed by atoms with van der Waals surface area (Å²) in [6, 6.07) is 5.64. The minimum atomic E-state index is -1.35. The molecule has 6 heteroatoms. The average Bonchev–Trinajstić information content (AvgIpc) is 2.70. The summed E-state index contributed by atoms with van der Waals surface area (Å²) in [5, 5.41) is 3.53. The molecule has 2 rings (SSSR count). The highest BCUT2D eigenvalue weighted by Crippen LogP contribution is 2.11. The molecule has 1 atom stereocenters. The minimum Gasteiger partial charge on any atom is -0.343 e. The number of aromatic nitrogens is 2. The zero-order valence-electron chi connectivity index (χ0n) is 7.59. The van der Waals surface area contributed by atoms with Crippen LogP contribution in [0.25, 0.3) is 0 Å². The quantitative estimate of drug-likeness (QED) is 0.796. The second-order valence-electron chi connectivity index (χ2n) is 2.79. The zero-order valence-corrected chi connectivity index (χ0v) is 8.41. The molecule has 0 aliphatic carbocycles. The van der Waals surface area contributed by atoms with Crippen LogP contribution >= 0.6 is 0 Å². The van der Waals surface area contributed by atoms with Crippen molar-refractivity contribution in [3.8, 4) is 0 Å². The summed E-state index contributed by atoms with van der Waals surface area (Å²) < 4.78 is 29.0. The van der Waals surface area contributed by atoms with Gasteiger partial charge in [0.1, 0.15) is 5.82 Å². The van der Waals surface area contributed by atoms with E-state index < -0.39 is 16.6 Å². The molecule has 0 fully saturated rings. The molecule has 1 unspecified atom stereocenters. The molecule has 15 heavy (non-hydrogen) atoms. The molecule has 1 aromatic carbocycles. The molecule has 0 saturated heterocycles. The van der Waals surface area contributed by atoms with E-state index in [0.717, 1.165) is 6.39 Å². The van der Waals surface area contributed by atoms with Crippen LogP contribution in [0, 0.1) is 5.82 Å². The molecule has 0 amide bonds. The number of nitrogens with zero attached hydrogens (tertiary/aromatic N) is 2. The SMILES string of the molecule is O=S(Cc1ncon1)c1cccc(F)c1. The average molecular weight is 226 g/mol. The van der Waals surface area contributed by atoms with Gasteiger partial charge in [-0.15, -0.1) is 0 Å². The van der Waals surface area contributed by atoms with Crippen molar-refractivity contribution in [2.45, 2.75) is 10.6 Å². The molecule has 0 aliphatic rings. The van der Waals surface area contributed by atoms with Gasteiger partial charge in [-0.05, 0) is 18.2 Å². The third-order valence-corrected chi connectivity index (χ3v) is 3.03. The van der Waals surface area contributed by atoms with E-state index in [1.807, 2.05) is 0 Å². The molecule has 4 nitrogen and oxygen atoms in total. The monoisotopic (exact) mass is 226 g/mol. The minimum absolute atomic E-state index is 0.125. The Morgan fingerprint density at radius 1 is 1.47 bits per heavy atom. The van der Waals surface area contributed by atoms with Crippen LogP contribution in [0.2, 0.25) is 0 Å². The number of benzene rings is 1. The summed E-state index contributed by atoms with van der Waals surface area (Å²) in [5.74, 6) is 0.0616. The summed E-state index contributed by atoms with van der Waals surface area (Å²) >= 11 is 0. The molecule has 1 aromatic heterocycles. The molecule has 0 saturated carbocycles. The van der Waals surface area contributed by atoms with Gasteiger partial charge in [-0.25, -0.2) is 4.39 Å². The lowest BCUT2D eigenvalue weighted by Gasteiger charge is -1.98. The van der Waals surface area contributed by atoms with Crippen LogP contribution in [0.1, 0.15) is 5.82 Å². The maximum atomic E-state index is 12.8. The van der Waals surface area contributed by atoms with Crippen molar-refractivity contribution in [2.24, 2.45) is 0 Å². The first-order valence-corrected chi connectivity index (χ1v) is 5.47. The molecule has 0 aliphatic heterocycles. The lowest BCUT2D eigenvalue weighted by atomic mass is 10.4. The van der Waals surface area contributed by atoms with Crippen LogP contribution in [0.15, 0.2) is 40.1 Å². The maximum absolute atomic E-state index is 12.8. The van der Waals surface area contributed by atoms with Crippen molar-refractivity contribution in [1.82, 2.24) is 10.1 Å². The Hall–Kier alpha value is -1.56. The fourth-order valence-corrected chi connectivity index (χ4v) is 2.07. The van der Waals surface area contributed by atoms with E-state index in [1.54, 1.807) is 6.07 Å². The van der Waals surface area contributed by atoms with Crippen LogP contribution in [0.4, 0.5) is 4.39 Å². The largest absolute Gasteiger partial charge is 0.343 e. The Bertz CT molecular complexity index is 473. The van der Waals surface area contributed by atoms with E-state index in [2.05, 4.69) is 14.7 Å². The third kappa shape index (κ3) is 2.47. The Balaban J connectivity index is 2.15. The van der Waals surface area contributed by atoms with Gasteiger partial charge in [0.05, 0.1) is 16.6 Å². The van der Waals surface area contributed by atoms with Gasteiger partial charge in [-0.1, -0.05) is 11.2 Å². The van der Waals surface area contributed by atoms with Gasteiger partial charge in [-0.3, -0.25) is 4.21 Å². The molecule has 1 heterocycles. The highest BCUT2D eigenvalue weighted by atomic mass is 32.2. The van der Waals surface area contributed by atoms with Crippen molar-refractivity contribution in [3.63, 3.8) is 0 Å². The van der Waals surface area contributed by atoms with Crippen molar-refractivity contribution < 1.29 is 13.1 Å². The number of rotatable bonds is 3. The van der Waals surface area contributed by atoms with Gasteiger partial charge in [0.2, 0.25) is 6.39 Å². The van der Waals surface area contributed by atoms with E-state index in [4.69, 9.17) is 0 Å². The van der Waals surface area contributed by atoms with E-state index in [-0.39, 0.29) is 5.75 Å². The fraction of sp³-hybridized carbons (Fsp3) is 0.111. The molecule has 0 bridgehead atoms. The summed E-state index contributed by atoms with van der Waals surface area (Å²) in [6.07, 6.45) is 1.16. The predicted octanol–water partition coefficient (Wildman–Crippen LogP) is 1.52. The summed E-state index contributed by atoms with van der Waals surface area (Å²) in [6.45, 7) is 0. The Morgan fingerprint density at radius 3 is 3.00 bits per heavy atom. The summed E-state index contributed by atoms with van der Waals surface area (Å²) in [5.41, 5.74) is 0. The van der Waals surface area contributed by atoms with Crippen LogP contribution in [-0.4, -0.2) is 14.3 Å². The van der Waals surface area contributed by atoms with E-state index >= 15 is 0 Å². The second-order valence-corrected chi connectivity index (χ2v) is 4.25. The van der Waals surface area contributed by atoms with E-state index in [1.165, 1.54) is 18.2 Å². The van der Waals surface area contributed by atoms with E-state index in [9.17, 15) is 8.60 Å². The molecule has 0 radical (unpaired) electrons. The van der Waals surface area contributed by atoms with Crippen LogP contribution in [0.5, 0.6) is 0 Å². The van der Waals surface area contributed by atoms with E-state index in [0.29, 0.717) is 10.7 Å². The number of halogens is 1. The lowest BCUT2D eigenvalue weighted by Crippen LogP contribution is -1.98. The Morgan fingerprint density at radius 2 is 2.33 bits per heavy atom. The van der Waals surface area contributed by atoms with Gasteiger partial charge in [0, 0.05) is 4.90 Å². The van der Waals surface area contributed by atoms with Gasteiger partial charge in [-0.2, -0.15) is 4.98 Å². The van der Waals surface area contributed by atoms with Crippen LogP contribution in [-0.2, 0) is 16.6 Å². The summed E-state index contributed by atoms with van der Waals surface area (Å²) in [7, 11) is -1.35. The molecular weight excluding hydrogens is 219 g/mol. The fourth-order valence-electron chi connectivity index (χ4n) is 1.07. The maximum Gasteiger partial charge on any atom is 0.213 e. The Kier molecular flexibility index (Phi) is 2.86. The molecule has 2 aromatic rings. The van der Waals surface area contributed by atoms with Gasteiger partial charge in [0.25, 0.3) is 0 Å². The van der Waals surface area contributed by atoms with Gasteiger partial charge in [0.15, 0.2) is 5.82 Å². The first-order valence-electron chi connectivity index (χ1n) is 4.15. The molecule has 0 N–H and O–H groups in total. The second kappa shape index (κ2) is 4.31. The highest BCUT2D eigenvalue weighted by Gasteiger charge is 2.08. The zero-order chi connectivity index (χ0) is 10.7. The van der Waals surface area contributed by atoms with Crippen molar-refractivity contribution in [3.05, 3.63) is 42.3 Å². The molecule has 0 spiro atoms. The van der Waals surface area contributed by atoms with Crippen LogP contribution < -0.4 is 0 Å². The topological polar surface area (TPSA) is 56.0 Å². The highest BCUT2D eigenvalue weighted by molar-refractivity contribution is 7.84. The number of hydrogen-bond donors (Lipinski definition) is 0. The molecular formula is C9H7FN2O2S. The first kappa shape index (κ1) is 9.97. The predicted molar refractivity (Wildman–Crippen MR) is 50.8 cm³/mol. The number of hydrogen-bond acceptors (Lipinski definition) is 4. The van der Waals surface area contributed by atoms with Gasteiger partial charge >= 0.3 is 0 Å². The normalized spacial score (nSPS) is 12.6. The smallest absolute Gasteiger partial charge is 0.213 e. The van der Waals surface area contributed by atoms with Crippen molar-refractivity contribution in [2.75, 3.05) is 0 Å². The first-order chi connectivity index (χ1) is 7.25. The summed E-state index contributed by atoms with van der Waals surface area (Å²) in [4.78, 5) is 4.16. The third-order valence-electron chi connectivity index (χ3n) is 1.73. The molecule has 78 valence electrons. The standard InChI is InChI=1S/C9H7FN2O2S/c10-7-2-1-3-8(4-7)15(13)5-9-11-6-14-12-9/h1-4,6H,5H2. The van der Waals surface area contributed by atoms with Crippen LogP contribution in [0.3, 0.4) is 0 Å². The van der Waals surface area contributed by atoms with Crippen molar-refractivity contribution >= 4 is 10.8 Å².